The molecule has 3 heteroatoms. The third-order valence-electron chi connectivity index (χ3n) is 2.33. The van der Waals surface area contributed by atoms with Gasteiger partial charge in [0.1, 0.15) is 6.10 Å². The van der Waals surface area contributed by atoms with Gasteiger partial charge < -0.3 is 14.6 Å². The van der Waals surface area contributed by atoms with E-state index in [2.05, 4.69) is 0 Å². The van der Waals surface area contributed by atoms with Gasteiger partial charge in [0.05, 0.1) is 6.61 Å². The molecule has 0 radical (unpaired) electrons. The summed E-state index contributed by atoms with van der Waals surface area (Å²) >= 11 is 0. The van der Waals surface area contributed by atoms with Crippen LogP contribution in [0.2, 0.25) is 0 Å². The zero-order chi connectivity index (χ0) is 9.03. The Morgan fingerprint density at radius 3 is 2.83 bits per heavy atom. The Morgan fingerprint density at radius 2 is 2.33 bits per heavy atom. The van der Waals surface area contributed by atoms with E-state index in [4.69, 9.17) is 9.47 Å². The van der Waals surface area contributed by atoms with Crippen molar-refractivity contribution in [2.75, 3.05) is 13.2 Å². The Balaban J connectivity index is 2.44. The lowest BCUT2D eigenvalue weighted by Gasteiger charge is -2.36. The zero-order valence-electron chi connectivity index (χ0n) is 7.88. The molecule has 1 heterocycles. The van der Waals surface area contributed by atoms with Gasteiger partial charge in [0.25, 0.3) is 0 Å². The van der Waals surface area contributed by atoms with Crippen LogP contribution in [-0.4, -0.2) is 30.2 Å². The summed E-state index contributed by atoms with van der Waals surface area (Å²) < 4.78 is 10.6. The van der Waals surface area contributed by atoms with Crippen LogP contribution < -0.4 is 0 Å². The Morgan fingerprint density at radius 1 is 1.58 bits per heavy atom. The van der Waals surface area contributed by atoms with Crippen LogP contribution in [0, 0.1) is 0 Å². The molecule has 0 spiro atoms. The van der Waals surface area contributed by atoms with E-state index in [0.717, 1.165) is 12.8 Å². The van der Waals surface area contributed by atoms with Gasteiger partial charge in [0, 0.05) is 13.0 Å². The minimum atomic E-state index is -1.03. The quantitative estimate of drug-likeness (QED) is 0.701. The average Bonchev–Trinajstić information content (AvgIpc) is 2.06. The lowest BCUT2D eigenvalue weighted by Crippen LogP contribution is -2.47. The monoisotopic (exact) mass is 174 g/mol. The molecule has 1 saturated heterocycles. The van der Waals surface area contributed by atoms with Crippen LogP contribution in [0.3, 0.4) is 0 Å². The van der Waals surface area contributed by atoms with Crippen molar-refractivity contribution in [3.05, 3.63) is 0 Å². The highest BCUT2D eigenvalue weighted by molar-refractivity contribution is 4.78. The molecule has 1 fully saturated rings. The van der Waals surface area contributed by atoms with E-state index in [9.17, 15) is 5.11 Å². The predicted octanol–water partition coefficient (Wildman–Crippen LogP) is 1.30. The smallest absolute Gasteiger partial charge is 0.191 e. The number of aliphatic hydroxyl groups is 1. The minimum Gasteiger partial charge on any atom is -0.373 e. The second kappa shape index (κ2) is 4.21. The van der Waals surface area contributed by atoms with Crippen molar-refractivity contribution in [2.45, 2.75) is 45.0 Å². The van der Waals surface area contributed by atoms with Crippen molar-refractivity contribution < 1.29 is 14.6 Å². The summed E-state index contributed by atoms with van der Waals surface area (Å²) in [4.78, 5) is 0. The van der Waals surface area contributed by atoms with E-state index in [1.165, 1.54) is 0 Å². The fourth-order valence-corrected chi connectivity index (χ4v) is 1.50. The summed E-state index contributed by atoms with van der Waals surface area (Å²) in [6.45, 7) is 5.04. The van der Waals surface area contributed by atoms with E-state index >= 15 is 0 Å². The second-order valence-electron chi connectivity index (χ2n) is 3.25. The molecule has 2 atom stereocenters. The molecule has 1 aliphatic heterocycles. The molecular formula is C9H18O3. The van der Waals surface area contributed by atoms with Crippen molar-refractivity contribution in [3.63, 3.8) is 0 Å². The molecule has 3 nitrogen and oxygen atoms in total. The van der Waals surface area contributed by atoms with Gasteiger partial charge in [0.2, 0.25) is 0 Å². The van der Waals surface area contributed by atoms with E-state index in [-0.39, 0.29) is 6.10 Å². The Bertz CT molecular complexity index is 130. The normalized spacial score (nSPS) is 33.2. The topological polar surface area (TPSA) is 38.7 Å². The summed E-state index contributed by atoms with van der Waals surface area (Å²) in [6, 6.07) is 0. The van der Waals surface area contributed by atoms with Gasteiger partial charge in [-0.1, -0.05) is 0 Å². The van der Waals surface area contributed by atoms with E-state index in [1.807, 2.05) is 13.8 Å². The molecule has 12 heavy (non-hydrogen) atoms. The first-order chi connectivity index (χ1) is 5.69. The van der Waals surface area contributed by atoms with Crippen LogP contribution in [-0.2, 0) is 9.47 Å². The Kier molecular flexibility index (Phi) is 3.50. The lowest BCUT2D eigenvalue weighted by atomic mass is 10.0. The molecule has 1 rings (SSSR count). The maximum absolute atomic E-state index is 9.92. The van der Waals surface area contributed by atoms with Crippen LogP contribution in [0.15, 0.2) is 0 Å². The summed E-state index contributed by atoms with van der Waals surface area (Å²) in [5, 5.41) is 9.92. The molecule has 0 aliphatic carbocycles. The first-order valence-corrected chi connectivity index (χ1v) is 4.67. The van der Waals surface area contributed by atoms with Crippen LogP contribution in [0.4, 0.5) is 0 Å². The first kappa shape index (κ1) is 9.96. The Labute approximate surface area is 73.7 Å². The fourth-order valence-electron chi connectivity index (χ4n) is 1.50. The number of hydrogen-bond acceptors (Lipinski definition) is 3. The van der Waals surface area contributed by atoms with Crippen molar-refractivity contribution in [1.82, 2.24) is 0 Å². The molecule has 0 amide bonds. The molecule has 72 valence electrons. The molecule has 2 unspecified atom stereocenters. The molecule has 0 aromatic rings. The van der Waals surface area contributed by atoms with Gasteiger partial charge in [-0.2, -0.15) is 0 Å². The molecule has 1 N–H and O–H groups in total. The van der Waals surface area contributed by atoms with Gasteiger partial charge in [-0.25, -0.2) is 0 Å². The van der Waals surface area contributed by atoms with Crippen LogP contribution in [0.5, 0.6) is 0 Å². The van der Waals surface area contributed by atoms with Crippen LogP contribution >= 0.6 is 0 Å². The SMILES string of the molecule is CCOC(C)C1(O)CCCCO1. The van der Waals surface area contributed by atoms with Crippen molar-refractivity contribution in [2.24, 2.45) is 0 Å². The van der Waals surface area contributed by atoms with Gasteiger partial charge in [0.15, 0.2) is 5.79 Å². The summed E-state index contributed by atoms with van der Waals surface area (Å²) in [5.41, 5.74) is 0. The molecule has 0 aromatic heterocycles. The van der Waals surface area contributed by atoms with Crippen molar-refractivity contribution >= 4 is 0 Å². The van der Waals surface area contributed by atoms with Gasteiger partial charge in [-0.3, -0.25) is 0 Å². The van der Waals surface area contributed by atoms with Crippen LogP contribution in [0.25, 0.3) is 0 Å². The summed E-state index contributed by atoms with van der Waals surface area (Å²) in [6.07, 6.45) is 2.53. The predicted molar refractivity (Wildman–Crippen MR) is 45.8 cm³/mol. The van der Waals surface area contributed by atoms with Gasteiger partial charge in [-0.15, -0.1) is 0 Å². The van der Waals surface area contributed by atoms with Gasteiger partial charge >= 0.3 is 0 Å². The molecule has 0 saturated carbocycles. The van der Waals surface area contributed by atoms with E-state index in [0.29, 0.717) is 19.6 Å². The second-order valence-corrected chi connectivity index (χ2v) is 3.25. The zero-order valence-corrected chi connectivity index (χ0v) is 7.88. The maximum atomic E-state index is 9.92. The first-order valence-electron chi connectivity index (χ1n) is 4.67. The molecule has 1 aliphatic rings. The highest BCUT2D eigenvalue weighted by Crippen LogP contribution is 2.26. The number of hydrogen-bond donors (Lipinski definition) is 1. The average molecular weight is 174 g/mol. The largest absolute Gasteiger partial charge is 0.373 e. The standard InChI is InChI=1S/C9H18O3/c1-3-11-8(2)9(10)6-4-5-7-12-9/h8,10H,3-7H2,1-2H3. The number of ether oxygens (including phenoxy) is 2. The Hall–Kier alpha value is -0.120. The summed E-state index contributed by atoms with van der Waals surface area (Å²) in [5.74, 6) is -1.03. The van der Waals surface area contributed by atoms with E-state index < -0.39 is 5.79 Å². The lowest BCUT2D eigenvalue weighted by molar-refractivity contribution is -0.278. The van der Waals surface area contributed by atoms with Crippen molar-refractivity contribution in [3.8, 4) is 0 Å². The molecule has 0 bridgehead atoms. The molecular weight excluding hydrogens is 156 g/mol. The fraction of sp³-hybridized carbons (Fsp3) is 1.00. The summed E-state index contributed by atoms with van der Waals surface area (Å²) in [7, 11) is 0. The number of rotatable bonds is 3. The van der Waals surface area contributed by atoms with Crippen LogP contribution in [0.1, 0.15) is 33.1 Å². The third kappa shape index (κ3) is 2.19. The molecule has 0 aromatic carbocycles. The highest BCUT2D eigenvalue weighted by atomic mass is 16.7. The maximum Gasteiger partial charge on any atom is 0.191 e. The van der Waals surface area contributed by atoms with Gasteiger partial charge in [-0.05, 0) is 26.7 Å². The van der Waals surface area contributed by atoms with Crippen molar-refractivity contribution in [1.29, 1.82) is 0 Å². The highest BCUT2D eigenvalue weighted by Gasteiger charge is 2.36. The minimum absolute atomic E-state index is 0.220. The third-order valence-corrected chi connectivity index (χ3v) is 2.33. The van der Waals surface area contributed by atoms with E-state index in [1.54, 1.807) is 0 Å².